The number of aromatic nitrogens is 1. The van der Waals surface area contributed by atoms with E-state index in [1.165, 1.54) is 0 Å². The van der Waals surface area contributed by atoms with E-state index in [4.69, 9.17) is 0 Å². The van der Waals surface area contributed by atoms with Gasteiger partial charge in [-0.3, -0.25) is 14.6 Å². The molecule has 1 heterocycles. The number of amides is 2. The minimum Gasteiger partial charge on any atom is -0.355 e. The van der Waals surface area contributed by atoms with Crippen molar-refractivity contribution in [3.63, 3.8) is 0 Å². The van der Waals surface area contributed by atoms with Crippen LogP contribution in [-0.2, 0) is 16.0 Å². The van der Waals surface area contributed by atoms with E-state index in [1.807, 2.05) is 84.9 Å². The molecule has 29 heavy (non-hydrogen) atoms. The van der Waals surface area contributed by atoms with Gasteiger partial charge in [0, 0.05) is 24.8 Å². The van der Waals surface area contributed by atoms with Crippen molar-refractivity contribution in [3.8, 4) is 0 Å². The van der Waals surface area contributed by atoms with Crippen molar-refractivity contribution in [2.45, 2.75) is 12.8 Å². The van der Waals surface area contributed by atoms with Crippen LogP contribution in [0, 0.1) is 0 Å². The number of carbonyl (C=O) groups excluding carboxylic acids is 2. The molecule has 0 atom stereocenters. The zero-order valence-corrected chi connectivity index (χ0v) is 16.0. The Hall–Kier alpha value is -3.73. The monoisotopic (exact) mass is 385 g/mol. The van der Waals surface area contributed by atoms with Crippen molar-refractivity contribution in [2.75, 3.05) is 11.9 Å². The van der Waals surface area contributed by atoms with Gasteiger partial charge in [0.2, 0.25) is 11.8 Å². The van der Waals surface area contributed by atoms with Crippen molar-refractivity contribution in [1.82, 2.24) is 10.3 Å². The standard InChI is InChI=1S/C24H23N3O2/c28-23(14-16-26-24(29)18-19-7-2-1-3-8-19)27-22-11-6-9-20(17-22)12-13-21-10-4-5-15-25-21/h1-13,15,17H,14,16,18H2,(H,26,29)(H,27,28). The number of anilines is 1. The van der Waals surface area contributed by atoms with Gasteiger partial charge in [0.1, 0.15) is 0 Å². The Kier molecular flexibility index (Phi) is 7.29. The molecule has 5 nitrogen and oxygen atoms in total. The Morgan fingerprint density at radius 1 is 0.862 bits per heavy atom. The first-order valence-corrected chi connectivity index (χ1v) is 9.49. The normalized spacial score (nSPS) is 10.6. The van der Waals surface area contributed by atoms with Gasteiger partial charge >= 0.3 is 0 Å². The molecule has 0 unspecified atom stereocenters. The summed E-state index contributed by atoms with van der Waals surface area (Å²) in [4.78, 5) is 28.3. The fourth-order valence-corrected chi connectivity index (χ4v) is 2.76. The van der Waals surface area contributed by atoms with Crippen LogP contribution in [0.3, 0.4) is 0 Å². The number of carbonyl (C=O) groups is 2. The van der Waals surface area contributed by atoms with Crippen LogP contribution in [0.2, 0.25) is 0 Å². The predicted octanol–water partition coefficient (Wildman–Crippen LogP) is 3.94. The van der Waals surface area contributed by atoms with Crippen LogP contribution in [-0.4, -0.2) is 23.3 Å². The maximum Gasteiger partial charge on any atom is 0.226 e. The predicted molar refractivity (Wildman–Crippen MR) is 116 cm³/mol. The zero-order valence-electron chi connectivity index (χ0n) is 16.0. The van der Waals surface area contributed by atoms with E-state index >= 15 is 0 Å². The molecule has 1 aromatic heterocycles. The van der Waals surface area contributed by atoms with Crippen LogP contribution >= 0.6 is 0 Å². The third kappa shape index (κ3) is 7.07. The van der Waals surface area contributed by atoms with Crippen LogP contribution < -0.4 is 10.6 Å². The first-order valence-electron chi connectivity index (χ1n) is 9.49. The van der Waals surface area contributed by atoms with Crippen molar-refractivity contribution in [1.29, 1.82) is 0 Å². The molecule has 0 aliphatic rings. The molecule has 2 N–H and O–H groups in total. The number of pyridine rings is 1. The lowest BCUT2D eigenvalue weighted by Gasteiger charge is -2.07. The summed E-state index contributed by atoms with van der Waals surface area (Å²) in [5, 5.41) is 5.64. The summed E-state index contributed by atoms with van der Waals surface area (Å²) in [5.74, 6) is -0.235. The summed E-state index contributed by atoms with van der Waals surface area (Å²) >= 11 is 0. The van der Waals surface area contributed by atoms with E-state index in [9.17, 15) is 9.59 Å². The number of hydrogen-bond donors (Lipinski definition) is 2. The van der Waals surface area contributed by atoms with E-state index in [0.29, 0.717) is 18.7 Å². The zero-order chi connectivity index (χ0) is 20.3. The Morgan fingerprint density at radius 2 is 1.69 bits per heavy atom. The van der Waals surface area contributed by atoms with E-state index in [-0.39, 0.29) is 18.2 Å². The lowest BCUT2D eigenvalue weighted by molar-refractivity contribution is -0.120. The van der Waals surface area contributed by atoms with Crippen LogP contribution in [0.5, 0.6) is 0 Å². The maximum absolute atomic E-state index is 12.2. The lowest BCUT2D eigenvalue weighted by atomic mass is 10.1. The van der Waals surface area contributed by atoms with Crippen molar-refractivity contribution in [3.05, 3.63) is 95.8 Å². The molecule has 0 fully saturated rings. The van der Waals surface area contributed by atoms with Gasteiger partial charge in [0.15, 0.2) is 0 Å². The van der Waals surface area contributed by atoms with Gasteiger partial charge in [-0.15, -0.1) is 0 Å². The van der Waals surface area contributed by atoms with Crippen molar-refractivity contribution < 1.29 is 9.59 Å². The smallest absolute Gasteiger partial charge is 0.226 e. The van der Waals surface area contributed by atoms with Gasteiger partial charge in [0.05, 0.1) is 12.1 Å². The first-order chi connectivity index (χ1) is 14.2. The third-order valence-corrected chi connectivity index (χ3v) is 4.19. The van der Waals surface area contributed by atoms with Gasteiger partial charge in [0.25, 0.3) is 0 Å². The fraction of sp³-hybridized carbons (Fsp3) is 0.125. The molecule has 0 radical (unpaired) electrons. The van der Waals surface area contributed by atoms with Crippen LogP contribution in [0.15, 0.2) is 79.0 Å². The summed E-state index contributed by atoms with van der Waals surface area (Å²) in [5.41, 5.74) is 3.50. The molecule has 146 valence electrons. The average molecular weight is 385 g/mol. The molecule has 2 aromatic carbocycles. The number of nitrogens with zero attached hydrogens (tertiary/aromatic N) is 1. The molecular weight excluding hydrogens is 362 g/mol. The Balaban J connectivity index is 1.44. The molecule has 3 aromatic rings. The maximum atomic E-state index is 12.2. The van der Waals surface area contributed by atoms with E-state index in [2.05, 4.69) is 15.6 Å². The minimum atomic E-state index is -0.143. The number of benzene rings is 2. The van der Waals surface area contributed by atoms with Gasteiger partial charge in [-0.05, 0) is 41.5 Å². The second-order valence-corrected chi connectivity index (χ2v) is 6.52. The highest BCUT2D eigenvalue weighted by Crippen LogP contribution is 2.13. The molecule has 5 heteroatoms. The first kappa shape index (κ1) is 20.0. The Labute approximate surface area is 170 Å². The summed E-state index contributed by atoms with van der Waals surface area (Å²) in [6, 6.07) is 22.8. The summed E-state index contributed by atoms with van der Waals surface area (Å²) < 4.78 is 0. The van der Waals surface area contributed by atoms with Gasteiger partial charge in [-0.25, -0.2) is 0 Å². The molecule has 0 bridgehead atoms. The molecule has 0 saturated carbocycles. The second-order valence-electron chi connectivity index (χ2n) is 6.52. The highest BCUT2D eigenvalue weighted by molar-refractivity contribution is 5.91. The average Bonchev–Trinajstić information content (AvgIpc) is 2.74. The molecule has 3 rings (SSSR count). The topological polar surface area (TPSA) is 71.1 Å². The minimum absolute atomic E-state index is 0.0920. The van der Waals surface area contributed by atoms with Gasteiger partial charge in [-0.1, -0.05) is 54.6 Å². The number of hydrogen-bond acceptors (Lipinski definition) is 3. The molecule has 0 aliphatic heterocycles. The van der Waals surface area contributed by atoms with Gasteiger partial charge in [-0.2, -0.15) is 0 Å². The highest BCUT2D eigenvalue weighted by Gasteiger charge is 2.06. The summed E-state index contributed by atoms with van der Waals surface area (Å²) in [6.45, 7) is 0.302. The van der Waals surface area contributed by atoms with E-state index < -0.39 is 0 Å². The van der Waals surface area contributed by atoms with Crippen LogP contribution in [0.25, 0.3) is 12.2 Å². The van der Waals surface area contributed by atoms with E-state index in [1.54, 1.807) is 6.20 Å². The highest BCUT2D eigenvalue weighted by atomic mass is 16.2. The summed E-state index contributed by atoms with van der Waals surface area (Å²) in [6.07, 6.45) is 6.14. The summed E-state index contributed by atoms with van der Waals surface area (Å²) in [7, 11) is 0. The number of nitrogens with one attached hydrogen (secondary N) is 2. The van der Waals surface area contributed by atoms with E-state index in [0.717, 1.165) is 16.8 Å². The van der Waals surface area contributed by atoms with Crippen LogP contribution in [0.1, 0.15) is 23.2 Å². The largest absolute Gasteiger partial charge is 0.355 e. The Morgan fingerprint density at radius 3 is 2.48 bits per heavy atom. The second kappa shape index (κ2) is 10.6. The van der Waals surface area contributed by atoms with Crippen molar-refractivity contribution in [2.24, 2.45) is 0 Å². The van der Waals surface area contributed by atoms with Gasteiger partial charge < -0.3 is 10.6 Å². The molecule has 0 aliphatic carbocycles. The Bertz CT molecular complexity index is 970. The molecule has 2 amide bonds. The molecular formula is C24H23N3O2. The van der Waals surface area contributed by atoms with Crippen LogP contribution in [0.4, 0.5) is 5.69 Å². The SMILES string of the molecule is O=C(Cc1ccccc1)NCCC(=O)Nc1cccc(C=Cc2ccccn2)c1. The fourth-order valence-electron chi connectivity index (χ4n) is 2.76. The lowest BCUT2D eigenvalue weighted by Crippen LogP contribution is -2.28. The molecule has 0 saturated heterocycles. The van der Waals surface area contributed by atoms with Crippen molar-refractivity contribution >= 4 is 29.7 Å². The number of rotatable bonds is 8. The third-order valence-electron chi connectivity index (χ3n) is 4.19. The quantitative estimate of drug-likeness (QED) is 0.617. The molecule has 0 spiro atoms.